The first-order valence-electron chi connectivity index (χ1n) is 5.28. The van der Waals surface area contributed by atoms with Crippen molar-refractivity contribution < 1.29 is 0 Å². The third-order valence-electron chi connectivity index (χ3n) is 1.85. The van der Waals surface area contributed by atoms with Gasteiger partial charge in [0.2, 0.25) is 0 Å². The maximum atomic E-state index is 4.52. The Balaban J connectivity index is 3.89. The summed E-state index contributed by atoms with van der Waals surface area (Å²) in [4.78, 5) is 4.52. The van der Waals surface area contributed by atoms with Gasteiger partial charge in [-0.25, -0.2) is 0 Å². The molecule has 2 N–H and O–H groups in total. The van der Waals surface area contributed by atoms with E-state index in [1.165, 1.54) is 0 Å². The van der Waals surface area contributed by atoms with Crippen molar-refractivity contribution in [3.63, 3.8) is 0 Å². The average molecular weight is 249 g/mol. The van der Waals surface area contributed by atoms with Crippen LogP contribution < -0.4 is 10.6 Å². The van der Waals surface area contributed by atoms with E-state index >= 15 is 0 Å². The van der Waals surface area contributed by atoms with Crippen molar-refractivity contribution in [2.45, 2.75) is 19.1 Å². The van der Waals surface area contributed by atoms with E-state index in [0.717, 1.165) is 31.3 Å². The number of nitrogens with zero attached hydrogens (tertiary/aromatic N) is 1. The topological polar surface area (TPSA) is 36.4 Å². The Bertz CT molecular complexity index is 174. The Hall–Kier alpha value is -0.0300. The van der Waals surface area contributed by atoms with Crippen LogP contribution in [0.4, 0.5) is 0 Å². The van der Waals surface area contributed by atoms with Crippen LogP contribution in [0.25, 0.3) is 0 Å². The van der Waals surface area contributed by atoms with Gasteiger partial charge < -0.3 is 10.6 Å². The summed E-state index contributed by atoms with van der Waals surface area (Å²) in [5.41, 5.74) is 0. The molecule has 1 unspecified atom stereocenters. The molecular formula is C10H23N3S2. The normalized spacial score (nSPS) is 13.7. The molecule has 0 aliphatic rings. The molecule has 0 amide bonds. The largest absolute Gasteiger partial charge is 0.357 e. The zero-order chi connectivity index (χ0) is 11.5. The minimum Gasteiger partial charge on any atom is -0.357 e. The Morgan fingerprint density at radius 2 is 2.07 bits per heavy atom. The molecule has 0 aliphatic heterocycles. The molecule has 0 rings (SSSR count). The van der Waals surface area contributed by atoms with Gasteiger partial charge >= 0.3 is 0 Å². The number of guanidine groups is 1. The van der Waals surface area contributed by atoms with E-state index in [1.54, 1.807) is 0 Å². The first-order valence-corrected chi connectivity index (χ1v) is 7.96. The minimum atomic E-state index is 0.584. The standard InChI is InChI=1S/C10H23N3S2/c1-5-11-10(12-6-7-14-3)13-8-9(2)15-4/h9H,5-8H2,1-4H3,(H2,11,12,13). The first-order chi connectivity index (χ1) is 7.24. The van der Waals surface area contributed by atoms with Gasteiger partial charge in [-0.15, -0.1) is 0 Å². The Morgan fingerprint density at radius 1 is 1.33 bits per heavy atom. The summed E-state index contributed by atoms with van der Waals surface area (Å²) in [5.74, 6) is 2.05. The summed E-state index contributed by atoms with van der Waals surface area (Å²) in [5, 5.41) is 7.14. The lowest BCUT2D eigenvalue weighted by Crippen LogP contribution is -2.38. The van der Waals surface area contributed by atoms with Crippen molar-refractivity contribution in [3.8, 4) is 0 Å². The van der Waals surface area contributed by atoms with E-state index in [1.807, 2.05) is 23.5 Å². The quantitative estimate of drug-likeness (QED) is 0.409. The molecule has 0 aromatic rings. The van der Waals surface area contributed by atoms with Crippen LogP contribution in [0.2, 0.25) is 0 Å². The molecule has 3 nitrogen and oxygen atoms in total. The van der Waals surface area contributed by atoms with Gasteiger partial charge in [0.25, 0.3) is 0 Å². The molecule has 90 valence electrons. The number of hydrogen-bond donors (Lipinski definition) is 2. The predicted octanol–water partition coefficient (Wildman–Crippen LogP) is 1.66. The van der Waals surface area contributed by atoms with Crippen molar-refractivity contribution in [1.29, 1.82) is 0 Å². The number of thioether (sulfide) groups is 2. The monoisotopic (exact) mass is 249 g/mol. The number of hydrogen-bond acceptors (Lipinski definition) is 3. The number of aliphatic imine (C=N–C) groups is 1. The highest BCUT2D eigenvalue weighted by Crippen LogP contribution is 2.04. The second kappa shape index (κ2) is 10.5. The van der Waals surface area contributed by atoms with E-state index in [-0.39, 0.29) is 0 Å². The van der Waals surface area contributed by atoms with Gasteiger partial charge in [-0.1, -0.05) is 6.92 Å². The maximum Gasteiger partial charge on any atom is 0.191 e. The van der Waals surface area contributed by atoms with Crippen LogP contribution in [-0.2, 0) is 0 Å². The molecule has 0 radical (unpaired) electrons. The highest BCUT2D eigenvalue weighted by molar-refractivity contribution is 7.99. The summed E-state index contributed by atoms with van der Waals surface area (Å²) in [6, 6.07) is 0. The van der Waals surface area contributed by atoms with Crippen LogP contribution in [0.3, 0.4) is 0 Å². The molecule has 15 heavy (non-hydrogen) atoms. The van der Waals surface area contributed by atoms with E-state index in [4.69, 9.17) is 0 Å². The van der Waals surface area contributed by atoms with Crippen molar-refractivity contribution in [2.24, 2.45) is 4.99 Å². The molecule has 0 saturated heterocycles. The molecule has 0 saturated carbocycles. The smallest absolute Gasteiger partial charge is 0.191 e. The molecule has 0 bridgehead atoms. The maximum absolute atomic E-state index is 4.52. The van der Waals surface area contributed by atoms with Gasteiger partial charge in [0, 0.05) is 24.1 Å². The third-order valence-corrected chi connectivity index (χ3v) is 3.42. The number of rotatable bonds is 7. The van der Waals surface area contributed by atoms with Gasteiger partial charge in [0.15, 0.2) is 5.96 Å². The fourth-order valence-corrected chi connectivity index (χ4v) is 1.44. The first kappa shape index (κ1) is 15.0. The van der Waals surface area contributed by atoms with Crippen LogP contribution in [0, 0.1) is 0 Å². The molecule has 0 spiro atoms. The summed E-state index contributed by atoms with van der Waals surface area (Å²) in [6.45, 7) is 7.04. The van der Waals surface area contributed by atoms with E-state index in [0.29, 0.717) is 5.25 Å². The SMILES string of the molecule is CCNC(=NCC(C)SC)NCCSC. The van der Waals surface area contributed by atoms with Crippen LogP contribution in [0.1, 0.15) is 13.8 Å². The highest BCUT2D eigenvalue weighted by atomic mass is 32.2. The average Bonchev–Trinajstić information content (AvgIpc) is 2.25. The molecule has 0 aromatic heterocycles. The summed E-state index contributed by atoms with van der Waals surface area (Å²) >= 11 is 3.69. The molecule has 0 aromatic carbocycles. The zero-order valence-electron chi connectivity index (χ0n) is 10.2. The number of nitrogens with one attached hydrogen (secondary N) is 2. The Morgan fingerprint density at radius 3 is 2.60 bits per heavy atom. The van der Waals surface area contributed by atoms with Gasteiger partial charge in [-0.3, -0.25) is 4.99 Å². The highest BCUT2D eigenvalue weighted by Gasteiger charge is 1.99. The van der Waals surface area contributed by atoms with Crippen LogP contribution in [0.5, 0.6) is 0 Å². The van der Waals surface area contributed by atoms with E-state index in [9.17, 15) is 0 Å². The molecular weight excluding hydrogens is 226 g/mol. The van der Waals surface area contributed by atoms with Gasteiger partial charge in [0.1, 0.15) is 0 Å². The third kappa shape index (κ3) is 8.93. The lowest BCUT2D eigenvalue weighted by atomic mass is 10.5. The van der Waals surface area contributed by atoms with E-state index < -0.39 is 0 Å². The van der Waals surface area contributed by atoms with Crippen molar-refractivity contribution in [2.75, 3.05) is 37.9 Å². The summed E-state index contributed by atoms with van der Waals surface area (Å²) in [6.07, 6.45) is 4.23. The van der Waals surface area contributed by atoms with Gasteiger partial charge in [-0.05, 0) is 19.4 Å². The van der Waals surface area contributed by atoms with Gasteiger partial charge in [0.05, 0.1) is 6.54 Å². The van der Waals surface area contributed by atoms with Crippen molar-refractivity contribution >= 4 is 29.5 Å². The van der Waals surface area contributed by atoms with E-state index in [2.05, 4.69) is 42.0 Å². The van der Waals surface area contributed by atoms with Crippen molar-refractivity contribution in [3.05, 3.63) is 0 Å². The van der Waals surface area contributed by atoms with Crippen LogP contribution >= 0.6 is 23.5 Å². The molecule has 0 heterocycles. The summed E-state index contributed by atoms with van der Waals surface area (Å²) < 4.78 is 0. The van der Waals surface area contributed by atoms with Gasteiger partial charge in [-0.2, -0.15) is 23.5 Å². The molecule has 1 atom stereocenters. The summed E-state index contributed by atoms with van der Waals surface area (Å²) in [7, 11) is 0. The van der Waals surface area contributed by atoms with Crippen LogP contribution in [-0.4, -0.2) is 49.1 Å². The Kier molecular flexibility index (Phi) is 10.5. The molecule has 0 fully saturated rings. The van der Waals surface area contributed by atoms with Crippen LogP contribution in [0.15, 0.2) is 4.99 Å². The predicted molar refractivity (Wildman–Crippen MR) is 75.3 cm³/mol. The lowest BCUT2D eigenvalue weighted by Gasteiger charge is -2.11. The Labute approximate surface area is 102 Å². The second-order valence-corrected chi connectivity index (χ2v) is 5.45. The molecule has 5 heteroatoms. The minimum absolute atomic E-state index is 0.584. The molecule has 0 aliphatic carbocycles. The second-order valence-electron chi connectivity index (χ2n) is 3.19. The lowest BCUT2D eigenvalue weighted by molar-refractivity contribution is 0.834. The van der Waals surface area contributed by atoms with Crippen molar-refractivity contribution in [1.82, 2.24) is 10.6 Å². The zero-order valence-corrected chi connectivity index (χ0v) is 11.8. The fourth-order valence-electron chi connectivity index (χ4n) is 0.908. The fraction of sp³-hybridized carbons (Fsp3) is 0.900.